The third-order valence-electron chi connectivity index (χ3n) is 4.62. The summed E-state index contributed by atoms with van der Waals surface area (Å²) in [4.78, 5) is 0. The molecule has 0 spiro atoms. The summed E-state index contributed by atoms with van der Waals surface area (Å²) < 4.78 is 5.18. The molecule has 0 radical (unpaired) electrons. The van der Waals surface area contributed by atoms with Crippen LogP contribution in [0.15, 0.2) is 18.2 Å². The van der Waals surface area contributed by atoms with Crippen LogP contribution >= 0.6 is 0 Å². The maximum absolute atomic E-state index is 9.14. The normalized spacial score (nSPS) is 17.8. The van der Waals surface area contributed by atoms with Gasteiger partial charge in [-0.1, -0.05) is 31.7 Å². The lowest BCUT2D eigenvalue weighted by molar-refractivity contribution is 0.336. The van der Waals surface area contributed by atoms with Gasteiger partial charge in [-0.25, -0.2) is 0 Å². The fourth-order valence-electron chi connectivity index (χ4n) is 3.21. The first-order valence-corrected chi connectivity index (χ1v) is 8.05. The minimum Gasteiger partial charge on any atom is -0.495 e. The van der Waals surface area contributed by atoms with Crippen molar-refractivity contribution in [3.63, 3.8) is 0 Å². The van der Waals surface area contributed by atoms with E-state index in [0.29, 0.717) is 17.4 Å². The van der Waals surface area contributed by atoms with E-state index in [1.54, 1.807) is 7.11 Å². The number of hydrogen-bond acceptors (Lipinski definition) is 3. The second-order valence-corrected chi connectivity index (χ2v) is 6.07. The van der Waals surface area contributed by atoms with E-state index in [9.17, 15) is 0 Å². The molecular formula is C18H26N2O. The van der Waals surface area contributed by atoms with Crippen molar-refractivity contribution in [1.82, 2.24) is 5.32 Å². The Hall–Kier alpha value is -1.53. The van der Waals surface area contributed by atoms with Gasteiger partial charge in [-0.2, -0.15) is 5.26 Å². The molecule has 1 N–H and O–H groups in total. The second kappa shape index (κ2) is 8.05. The fourth-order valence-corrected chi connectivity index (χ4v) is 3.21. The Morgan fingerprint density at radius 3 is 2.62 bits per heavy atom. The zero-order valence-corrected chi connectivity index (χ0v) is 13.2. The van der Waals surface area contributed by atoms with E-state index < -0.39 is 0 Å². The van der Waals surface area contributed by atoms with E-state index in [2.05, 4.69) is 18.3 Å². The van der Waals surface area contributed by atoms with Crippen molar-refractivity contribution in [2.75, 3.05) is 7.11 Å². The first-order chi connectivity index (χ1) is 10.2. The number of nitrogens with zero attached hydrogens (tertiary/aromatic N) is 1. The number of ether oxygens (including phenoxy) is 1. The molecule has 1 fully saturated rings. The zero-order chi connectivity index (χ0) is 15.1. The molecular weight excluding hydrogens is 260 g/mol. The SMILES string of the molecule is COc1ccc(CN[C@@H](C)C2CCCCCC2)cc1C#N. The molecule has 0 amide bonds. The van der Waals surface area contributed by atoms with E-state index >= 15 is 0 Å². The molecule has 0 unspecified atom stereocenters. The van der Waals surface area contributed by atoms with Crippen molar-refractivity contribution in [1.29, 1.82) is 5.26 Å². The van der Waals surface area contributed by atoms with E-state index in [0.717, 1.165) is 18.0 Å². The van der Waals surface area contributed by atoms with Gasteiger partial charge in [-0.05, 0) is 43.4 Å². The smallest absolute Gasteiger partial charge is 0.136 e. The van der Waals surface area contributed by atoms with Gasteiger partial charge in [0.15, 0.2) is 0 Å². The Bertz CT molecular complexity index is 484. The van der Waals surface area contributed by atoms with Crippen LogP contribution in [0.25, 0.3) is 0 Å². The Morgan fingerprint density at radius 2 is 2.00 bits per heavy atom. The van der Waals surface area contributed by atoms with E-state index in [1.165, 1.54) is 38.5 Å². The van der Waals surface area contributed by atoms with Crippen LogP contribution in [-0.2, 0) is 6.54 Å². The lowest BCUT2D eigenvalue weighted by Gasteiger charge is -2.23. The van der Waals surface area contributed by atoms with Gasteiger partial charge in [-0.15, -0.1) is 0 Å². The molecule has 1 saturated carbocycles. The Balaban J connectivity index is 1.91. The van der Waals surface area contributed by atoms with Crippen LogP contribution in [0.5, 0.6) is 5.75 Å². The minimum atomic E-state index is 0.538. The Kier molecular flexibility index (Phi) is 6.07. The third-order valence-corrected chi connectivity index (χ3v) is 4.62. The fraction of sp³-hybridized carbons (Fsp3) is 0.611. The Labute approximate surface area is 128 Å². The van der Waals surface area contributed by atoms with Gasteiger partial charge in [0.05, 0.1) is 12.7 Å². The highest BCUT2D eigenvalue weighted by Crippen LogP contribution is 2.26. The van der Waals surface area contributed by atoms with Crippen LogP contribution in [0.1, 0.15) is 56.6 Å². The summed E-state index contributed by atoms with van der Waals surface area (Å²) in [5, 5.41) is 12.8. The summed E-state index contributed by atoms with van der Waals surface area (Å²) in [6, 6.07) is 8.57. The van der Waals surface area contributed by atoms with Gasteiger partial charge in [0.1, 0.15) is 11.8 Å². The quantitative estimate of drug-likeness (QED) is 0.832. The molecule has 1 aromatic rings. The number of nitrogens with one attached hydrogen (secondary N) is 1. The van der Waals surface area contributed by atoms with Gasteiger partial charge >= 0.3 is 0 Å². The molecule has 2 rings (SSSR count). The van der Waals surface area contributed by atoms with Crippen LogP contribution < -0.4 is 10.1 Å². The highest BCUT2D eigenvalue weighted by atomic mass is 16.5. The average Bonchev–Trinajstić information content (AvgIpc) is 2.81. The zero-order valence-electron chi connectivity index (χ0n) is 13.2. The molecule has 0 aliphatic heterocycles. The standard InChI is InChI=1S/C18H26N2O/c1-14(16-7-5-3-4-6-8-16)20-13-15-9-10-18(21-2)17(11-15)12-19/h9-11,14,16,20H,3-8,13H2,1-2H3/t14-/m0/s1. The summed E-state index contributed by atoms with van der Waals surface area (Å²) in [6.07, 6.45) is 8.23. The molecule has 21 heavy (non-hydrogen) atoms. The molecule has 0 aromatic heterocycles. The summed E-state index contributed by atoms with van der Waals surface area (Å²) >= 11 is 0. The Morgan fingerprint density at radius 1 is 1.29 bits per heavy atom. The molecule has 3 heteroatoms. The number of rotatable bonds is 5. The van der Waals surface area contributed by atoms with E-state index in [-0.39, 0.29) is 0 Å². The summed E-state index contributed by atoms with van der Waals surface area (Å²) in [5.41, 5.74) is 1.76. The first kappa shape index (κ1) is 15.9. The molecule has 114 valence electrons. The minimum absolute atomic E-state index is 0.538. The van der Waals surface area contributed by atoms with Crippen molar-refractivity contribution in [3.05, 3.63) is 29.3 Å². The van der Waals surface area contributed by atoms with Gasteiger partial charge in [-0.3, -0.25) is 0 Å². The van der Waals surface area contributed by atoms with E-state index in [1.807, 2.05) is 18.2 Å². The monoisotopic (exact) mass is 286 g/mol. The lowest BCUT2D eigenvalue weighted by atomic mass is 9.93. The van der Waals surface area contributed by atoms with Gasteiger partial charge in [0.2, 0.25) is 0 Å². The van der Waals surface area contributed by atoms with Gasteiger partial charge < -0.3 is 10.1 Å². The molecule has 0 bridgehead atoms. The van der Waals surface area contributed by atoms with Crippen molar-refractivity contribution in [2.24, 2.45) is 5.92 Å². The molecule has 1 atom stereocenters. The summed E-state index contributed by atoms with van der Waals surface area (Å²) in [6.45, 7) is 3.11. The van der Waals surface area contributed by atoms with E-state index in [4.69, 9.17) is 10.00 Å². The van der Waals surface area contributed by atoms with Crippen LogP contribution in [-0.4, -0.2) is 13.2 Å². The van der Waals surface area contributed by atoms with Crippen LogP contribution in [0.2, 0.25) is 0 Å². The topological polar surface area (TPSA) is 45.0 Å². The van der Waals surface area contributed by atoms with Crippen molar-refractivity contribution < 1.29 is 4.74 Å². The molecule has 1 aromatic carbocycles. The predicted octanol–water partition coefficient (Wildman–Crippen LogP) is 4.02. The highest BCUT2D eigenvalue weighted by Gasteiger charge is 2.18. The van der Waals surface area contributed by atoms with Crippen molar-refractivity contribution >= 4 is 0 Å². The number of hydrogen-bond donors (Lipinski definition) is 1. The predicted molar refractivity (Wildman–Crippen MR) is 85.2 cm³/mol. The second-order valence-electron chi connectivity index (χ2n) is 6.07. The first-order valence-electron chi connectivity index (χ1n) is 8.05. The molecule has 0 heterocycles. The van der Waals surface area contributed by atoms with Crippen LogP contribution in [0.4, 0.5) is 0 Å². The average molecular weight is 286 g/mol. The number of benzene rings is 1. The molecule has 1 aliphatic rings. The molecule has 3 nitrogen and oxygen atoms in total. The van der Waals surface area contributed by atoms with Gasteiger partial charge in [0.25, 0.3) is 0 Å². The van der Waals surface area contributed by atoms with Crippen LogP contribution in [0.3, 0.4) is 0 Å². The summed E-state index contributed by atoms with van der Waals surface area (Å²) in [5.74, 6) is 1.44. The van der Waals surface area contributed by atoms with Crippen molar-refractivity contribution in [2.45, 2.75) is 58.0 Å². The highest BCUT2D eigenvalue weighted by molar-refractivity contribution is 5.45. The number of methoxy groups -OCH3 is 1. The van der Waals surface area contributed by atoms with Gasteiger partial charge in [0, 0.05) is 12.6 Å². The third kappa shape index (κ3) is 4.47. The lowest BCUT2D eigenvalue weighted by Crippen LogP contribution is -2.32. The largest absolute Gasteiger partial charge is 0.495 e. The summed E-state index contributed by atoms with van der Waals surface area (Å²) in [7, 11) is 1.60. The van der Waals surface area contributed by atoms with Crippen LogP contribution in [0, 0.1) is 17.2 Å². The molecule has 0 saturated heterocycles. The number of nitriles is 1. The van der Waals surface area contributed by atoms with Crippen molar-refractivity contribution in [3.8, 4) is 11.8 Å². The molecule has 1 aliphatic carbocycles. The maximum Gasteiger partial charge on any atom is 0.136 e. The maximum atomic E-state index is 9.14.